The molecule has 0 aromatic heterocycles. The minimum atomic E-state index is -5.01. The zero-order valence-electron chi connectivity index (χ0n) is 22.8. The predicted molar refractivity (Wildman–Crippen MR) is 146 cm³/mol. The van der Waals surface area contributed by atoms with Gasteiger partial charge in [0, 0.05) is 52.0 Å². The molecule has 2 aromatic rings. The maximum Gasteiger partial charge on any atom is 0.416 e. The van der Waals surface area contributed by atoms with Gasteiger partial charge in [0.15, 0.2) is 16.7 Å². The molecule has 0 spiro atoms. The molecule has 2 aliphatic heterocycles. The highest BCUT2D eigenvalue weighted by atomic mass is 32.2. The van der Waals surface area contributed by atoms with Gasteiger partial charge in [-0.05, 0) is 54.1 Å². The van der Waals surface area contributed by atoms with Gasteiger partial charge in [-0.3, -0.25) is 9.69 Å². The van der Waals surface area contributed by atoms with Gasteiger partial charge in [0.25, 0.3) is 5.91 Å². The molecular weight excluding hydrogens is 588 g/mol. The van der Waals surface area contributed by atoms with E-state index in [0.717, 1.165) is 45.2 Å². The highest BCUT2D eigenvalue weighted by Crippen LogP contribution is 2.39. The van der Waals surface area contributed by atoms with Crippen LogP contribution >= 0.6 is 11.8 Å². The predicted octanol–water partition coefficient (Wildman–Crippen LogP) is 5.94. The summed E-state index contributed by atoms with van der Waals surface area (Å²) in [7, 11) is 3.01. The summed E-state index contributed by atoms with van der Waals surface area (Å²) >= 11 is 1.27. The van der Waals surface area contributed by atoms with Crippen molar-refractivity contribution in [2.75, 3.05) is 53.6 Å². The van der Waals surface area contributed by atoms with Crippen molar-refractivity contribution in [1.82, 2.24) is 9.80 Å². The van der Waals surface area contributed by atoms with Gasteiger partial charge in [-0.1, -0.05) is 12.1 Å². The Morgan fingerprint density at radius 1 is 0.952 bits per heavy atom. The first-order valence-corrected chi connectivity index (χ1v) is 13.8. The topological polar surface area (TPSA) is 63.6 Å². The van der Waals surface area contributed by atoms with Gasteiger partial charge < -0.3 is 19.1 Å². The van der Waals surface area contributed by atoms with Gasteiger partial charge in [-0.15, -0.1) is 0 Å². The van der Waals surface area contributed by atoms with Crippen LogP contribution < -0.4 is 9.47 Å². The number of benzene rings is 2. The highest BCUT2D eigenvalue weighted by molar-refractivity contribution is 8.18. The Labute approximate surface area is 243 Å². The lowest BCUT2D eigenvalue weighted by Gasteiger charge is -2.35. The number of alkyl halides is 6. The monoisotopic (exact) mass is 617 g/mol. The van der Waals surface area contributed by atoms with Crippen molar-refractivity contribution in [1.29, 1.82) is 0 Å². The van der Waals surface area contributed by atoms with Crippen LogP contribution in [0.25, 0.3) is 6.08 Å². The summed E-state index contributed by atoms with van der Waals surface area (Å²) in [6, 6.07) is 5.99. The van der Waals surface area contributed by atoms with Crippen molar-refractivity contribution in [2.24, 2.45) is 4.99 Å². The minimum absolute atomic E-state index is 0.0702. The van der Waals surface area contributed by atoms with E-state index in [1.807, 2.05) is 0 Å². The molecule has 14 heteroatoms. The second-order valence-corrected chi connectivity index (χ2v) is 10.6. The fourth-order valence-electron chi connectivity index (χ4n) is 4.47. The lowest BCUT2D eigenvalue weighted by Crippen LogP contribution is -2.48. The van der Waals surface area contributed by atoms with Gasteiger partial charge in [0.2, 0.25) is 0 Å². The van der Waals surface area contributed by atoms with E-state index in [1.165, 1.54) is 24.9 Å². The number of piperazine rings is 1. The first kappa shape index (κ1) is 31.7. The van der Waals surface area contributed by atoms with E-state index < -0.39 is 35.6 Å². The molecule has 7 nitrogen and oxygen atoms in total. The Morgan fingerprint density at radius 3 is 2.33 bits per heavy atom. The van der Waals surface area contributed by atoms with E-state index in [0.29, 0.717) is 28.3 Å². The first-order chi connectivity index (χ1) is 19.9. The summed E-state index contributed by atoms with van der Waals surface area (Å²) < 4.78 is 95.3. The number of amides is 1. The molecule has 4 rings (SSSR count). The van der Waals surface area contributed by atoms with Crippen molar-refractivity contribution < 1.29 is 45.3 Å². The maximum absolute atomic E-state index is 13.5. The quantitative estimate of drug-likeness (QED) is 0.196. The molecular formula is C28H29F6N3O4S. The van der Waals surface area contributed by atoms with E-state index in [-0.39, 0.29) is 23.5 Å². The number of carbonyl (C=O) groups excluding carboxylic acids is 1. The summed E-state index contributed by atoms with van der Waals surface area (Å²) in [6.45, 7) is 4.21. The number of ether oxygens (including phenoxy) is 3. The molecule has 0 bridgehead atoms. The molecule has 1 fully saturated rings. The molecule has 42 heavy (non-hydrogen) atoms. The number of carbonyl (C=O) groups is 1. The largest absolute Gasteiger partial charge is 0.493 e. The summed E-state index contributed by atoms with van der Waals surface area (Å²) in [5.41, 5.74) is -2.73. The Balaban J connectivity index is 1.41. The standard InChI is InChI=1S/C28H29F6N3O4S/c1-39-13-3-8-36-9-11-37(12-10-36)26-35-25(38)24(42-26)15-18-4-7-22(23(14-18)40-2)41-17-19-5-6-20(27(29,30)31)16-21(19)28(32,33)34/h4-7,14-16H,3,8-13,17H2,1-2H3/b24-15-. The number of hydrogen-bond acceptors (Lipinski definition) is 7. The fraction of sp³-hybridized carbons (Fsp3) is 0.429. The van der Waals surface area contributed by atoms with E-state index in [4.69, 9.17) is 14.2 Å². The lowest BCUT2D eigenvalue weighted by atomic mass is 10.0. The SMILES string of the molecule is COCCCN1CCN(C2=NC(=O)/C(=C/c3ccc(OCc4ccc(C(F)(F)F)cc4C(F)(F)F)c(OC)c3)S2)CC1. The van der Waals surface area contributed by atoms with Crippen molar-refractivity contribution in [3.63, 3.8) is 0 Å². The number of halogens is 6. The smallest absolute Gasteiger partial charge is 0.416 e. The zero-order valence-corrected chi connectivity index (χ0v) is 23.7. The van der Waals surface area contributed by atoms with Crippen LogP contribution in [0.4, 0.5) is 26.3 Å². The number of thioether (sulfide) groups is 1. The number of hydrogen-bond donors (Lipinski definition) is 0. The molecule has 0 aliphatic carbocycles. The van der Waals surface area contributed by atoms with Gasteiger partial charge in [-0.25, -0.2) is 0 Å². The number of amidine groups is 1. The van der Waals surface area contributed by atoms with Gasteiger partial charge in [0.1, 0.15) is 6.61 Å². The Hall–Kier alpha value is -3.23. The second-order valence-electron chi connectivity index (χ2n) is 9.55. The molecule has 2 aromatic carbocycles. The second kappa shape index (κ2) is 13.4. The molecule has 0 unspecified atom stereocenters. The average molecular weight is 618 g/mol. The summed E-state index contributed by atoms with van der Waals surface area (Å²) in [5.74, 6) is -0.122. The van der Waals surface area contributed by atoms with Crippen molar-refractivity contribution in [3.05, 3.63) is 63.6 Å². The Kier molecular flexibility index (Phi) is 10.1. The lowest BCUT2D eigenvalue weighted by molar-refractivity contribution is -0.143. The minimum Gasteiger partial charge on any atom is -0.493 e. The van der Waals surface area contributed by atoms with Crippen LogP contribution in [-0.2, 0) is 28.5 Å². The highest BCUT2D eigenvalue weighted by Gasteiger charge is 2.38. The van der Waals surface area contributed by atoms with Gasteiger partial charge >= 0.3 is 12.4 Å². The van der Waals surface area contributed by atoms with Crippen LogP contribution in [-0.4, -0.2) is 74.4 Å². The zero-order chi connectivity index (χ0) is 30.5. The number of methoxy groups -OCH3 is 2. The molecule has 0 saturated carbocycles. The summed E-state index contributed by atoms with van der Waals surface area (Å²) in [6.07, 6.45) is -7.34. The normalized spacial score (nSPS) is 17.6. The maximum atomic E-state index is 13.5. The van der Waals surface area contributed by atoms with Crippen LogP contribution in [0.15, 0.2) is 46.3 Å². The van der Waals surface area contributed by atoms with E-state index in [2.05, 4.69) is 14.8 Å². The summed E-state index contributed by atoms with van der Waals surface area (Å²) in [5, 5.41) is 0.631. The van der Waals surface area contributed by atoms with Crippen molar-refractivity contribution >= 4 is 28.9 Å². The molecule has 0 N–H and O–H groups in total. The molecule has 0 atom stereocenters. The molecule has 2 aliphatic rings. The molecule has 1 saturated heterocycles. The Bertz CT molecular complexity index is 1340. The van der Waals surface area contributed by atoms with E-state index >= 15 is 0 Å². The van der Waals surface area contributed by atoms with E-state index in [1.54, 1.807) is 25.3 Å². The number of rotatable bonds is 9. The Morgan fingerprint density at radius 2 is 1.69 bits per heavy atom. The van der Waals surface area contributed by atoms with Crippen molar-refractivity contribution in [2.45, 2.75) is 25.4 Å². The third-order valence-electron chi connectivity index (χ3n) is 6.69. The van der Waals surface area contributed by atoms with Crippen LogP contribution in [0.1, 0.15) is 28.7 Å². The number of nitrogens with zero attached hydrogens (tertiary/aromatic N) is 3. The first-order valence-electron chi connectivity index (χ1n) is 13.0. The van der Waals surface area contributed by atoms with Gasteiger partial charge in [-0.2, -0.15) is 31.3 Å². The average Bonchev–Trinajstić information content (AvgIpc) is 3.31. The third kappa shape index (κ3) is 7.98. The molecule has 1 amide bonds. The van der Waals surface area contributed by atoms with Crippen molar-refractivity contribution in [3.8, 4) is 11.5 Å². The van der Waals surface area contributed by atoms with Crippen LogP contribution in [0.5, 0.6) is 11.5 Å². The number of aliphatic imine (C=N–C) groups is 1. The van der Waals surface area contributed by atoms with Gasteiger partial charge in [0.05, 0.1) is 23.1 Å². The molecule has 0 radical (unpaired) electrons. The van der Waals surface area contributed by atoms with Crippen LogP contribution in [0.3, 0.4) is 0 Å². The van der Waals surface area contributed by atoms with Crippen LogP contribution in [0.2, 0.25) is 0 Å². The molecule has 228 valence electrons. The molecule has 2 heterocycles. The van der Waals surface area contributed by atoms with Crippen LogP contribution in [0, 0.1) is 0 Å². The fourth-order valence-corrected chi connectivity index (χ4v) is 5.44. The summed E-state index contributed by atoms with van der Waals surface area (Å²) in [4.78, 5) is 21.6. The third-order valence-corrected chi connectivity index (χ3v) is 7.73. The van der Waals surface area contributed by atoms with E-state index in [9.17, 15) is 31.1 Å².